The molecule has 0 aliphatic carbocycles. The molecule has 1 aliphatic heterocycles. The summed E-state index contributed by atoms with van der Waals surface area (Å²) in [6, 6.07) is 1.72. The molecule has 1 aliphatic rings. The molecule has 0 fully saturated rings. The van der Waals surface area contributed by atoms with Crippen LogP contribution < -0.4 is 5.46 Å². The molecule has 1 N–H and O–H groups in total. The molecular weight excluding hydrogens is 339 g/mol. The molecule has 0 radical (unpaired) electrons. The topological polar surface area (TPSA) is 70.0 Å². The van der Waals surface area contributed by atoms with Gasteiger partial charge >= 0.3 is 7.05 Å². The zero-order valence-electron chi connectivity index (χ0n) is 9.87. The van der Waals surface area contributed by atoms with Crippen LogP contribution in [0.2, 0.25) is 0 Å². The first-order chi connectivity index (χ1) is 8.31. The second-order valence-electron chi connectivity index (χ2n) is 4.43. The van der Waals surface area contributed by atoms with Crippen molar-refractivity contribution in [2.75, 3.05) is 5.75 Å². The van der Waals surface area contributed by atoms with Crippen LogP contribution >= 0.6 is 27.3 Å². The van der Waals surface area contributed by atoms with Gasteiger partial charge in [-0.15, -0.1) is 11.3 Å². The Hall–Kier alpha value is -0.375. The molecule has 0 saturated carbocycles. The van der Waals surface area contributed by atoms with Crippen LogP contribution in [-0.2, 0) is 10.0 Å². The molecule has 0 spiro atoms. The maximum Gasteiger partial charge on any atom is 0.484 e. The Morgan fingerprint density at radius 3 is 2.89 bits per heavy atom. The van der Waals surface area contributed by atoms with Crippen molar-refractivity contribution in [3.8, 4) is 0 Å². The standard InChI is InChI=1S/C9H12BBrN2O3S2/c1-6(2)5-18(15,16)13-10(14)7-3-9(11)17-8(7)4-12-13/h3-4,6,14H,5H2,1-2H3. The molecule has 1 aromatic rings. The van der Waals surface area contributed by atoms with Gasteiger partial charge in [-0.3, -0.25) is 0 Å². The lowest BCUT2D eigenvalue weighted by atomic mass is 9.75. The Bertz CT molecular complexity index is 585. The minimum atomic E-state index is -3.59. The van der Waals surface area contributed by atoms with E-state index >= 15 is 0 Å². The quantitative estimate of drug-likeness (QED) is 0.821. The summed E-state index contributed by atoms with van der Waals surface area (Å²) in [4.78, 5) is 0.769. The molecule has 5 nitrogen and oxygen atoms in total. The molecule has 0 amide bonds. The molecule has 2 heterocycles. The lowest BCUT2D eigenvalue weighted by molar-refractivity contribution is 0.471. The van der Waals surface area contributed by atoms with Gasteiger partial charge in [-0.25, -0.2) is 12.7 Å². The third-order valence-corrected chi connectivity index (χ3v) is 5.91. The summed E-state index contributed by atoms with van der Waals surface area (Å²) >= 11 is 4.71. The average molecular weight is 351 g/mol. The Labute approximate surface area is 119 Å². The highest BCUT2D eigenvalue weighted by atomic mass is 79.9. The smallest absolute Gasteiger partial charge is 0.427 e. The maximum atomic E-state index is 12.1. The van der Waals surface area contributed by atoms with Crippen molar-refractivity contribution in [1.82, 2.24) is 4.33 Å². The van der Waals surface area contributed by atoms with Crippen molar-refractivity contribution in [1.29, 1.82) is 0 Å². The number of rotatable bonds is 3. The van der Waals surface area contributed by atoms with E-state index in [0.29, 0.717) is 5.46 Å². The first kappa shape index (κ1) is 14.0. The fraction of sp³-hybridized carbons (Fsp3) is 0.444. The molecule has 2 rings (SSSR count). The zero-order chi connectivity index (χ0) is 13.5. The second kappa shape index (κ2) is 4.95. The van der Waals surface area contributed by atoms with E-state index in [9.17, 15) is 13.4 Å². The van der Waals surface area contributed by atoms with Gasteiger partial charge in [0.05, 0.1) is 15.8 Å². The molecule has 18 heavy (non-hydrogen) atoms. The van der Waals surface area contributed by atoms with E-state index in [0.717, 1.165) is 13.0 Å². The minimum Gasteiger partial charge on any atom is -0.427 e. The monoisotopic (exact) mass is 350 g/mol. The molecule has 0 aromatic carbocycles. The van der Waals surface area contributed by atoms with Crippen LogP contribution in [0.4, 0.5) is 0 Å². The van der Waals surface area contributed by atoms with Gasteiger partial charge in [0.1, 0.15) is 0 Å². The van der Waals surface area contributed by atoms with Gasteiger partial charge in [0.2, 0.25) is 10.0 Å². The average Bonchev–Trinajstić information content (AvgIpc) is 2.57. The van der Waals surface area contributed by atoms with Gasteiger partial charge in [0.25, 0.3) is 0 Å². The van der Waals surface area contributed by atoms with E-state index in [2.05, 4.69) is 21.0 Å². The van der Waals surface area contributed by atoms with E-state index in [1.54, 1.807) is 6.07 Å². The normalized spacial score (nSPS) is 15.4. The van der Waals surface area contributed by atoms with Crippen LogP contribution in [0.5, 0.6) is 0 Å². The molecule has 0 saturated heterocycles. The van der Waals surface area contributed by atoms with Crippen molar-refractivity contribution < 1.29 is 13.4 Å². The summed E-state index contributed by atoms with van der Waals surface area (Å²) in [6.07, 6.45) is 1.47. The highest BCUT2D eigenvalue weighted by molar-refractivity contribution is 9.11. The number of thiophene rings is 1. The molecule has 0 atom stereocenters. The van der Waals surface area contributed by atoms with Gasteiger partial charge in [0.15, 0.2) is 0 Å². The second-order valence-corrected chi connectivity index (χ2v) is 8.77. The van der Waals surface area contributed by atoms with Crippen molar-refractivity contribution in [2.24, 2.45) is 11.0 Å². The van der Waals surface area contributed by atoms with Crippen LogP contribution in [0.15, 0.2) is 15.0 Å². The first-order valence-corrected chi connectivity index (χ1v) is 8.56. The number of hydrazone groups is 1. The van der Waals surface area contributed by atoms with Gasteiger partial charge in [-0.2, -0.15) is 5.10 Å². The number of sulfonamides is 1. The fourth-order valence-electron chi connectivity index (χ4n) is 1.70. The van der Waals surface area contributed by atoms with E-state index in [1.807, 2.05) is 13.8 Å². The summed E-state index contributed by atoms with van der Waals surface area (Å²) in [6.45, 7) is 3.62. The first-order valence-electron chi connectivity index (χ1n) is 5.34. The van der Waals surface area contributed by atoms with E-state index in [1.165, 1.54) is 17.6 Å². The maximum absolute atomic E-state index is 12.1. The summed E-state index contributed by atoms with van der Waals surface area (Å²) in [5.41, 5.74) is 0.564. The molecular formula is C9H12BBrN2O3S2. The van der Waals surface area contributed by atoms with Gasteiger partial charge in [-0.1, -0.05) is 13.8 Å². The van der Waals surface area contributed by atoms with Crippen molar-refractivity contribution in [3.05, 3.63) is 14.7 Å². The van der Waals surface area contributed by atoms with Gasteiger partial charge < -0.3 is 5.02 Å². The van der Waals surface area contributed by atoms with Crippen LogP contribution in [-0.4, -0.2) is 36.8 Å². The fourth-order valence-corrected chi connectivity index (χ4v) is 4.85. The number of hydrogen-bond acceptors (Lipinski definition) is 5. The third-order valence-electron chi connectivity index (χ3n) is 2.37. The lowest BCUT2D eigenvalue weighted by Gasteiger charge is -2.25. The highest BCUT2D eigenvalue weighted by Crippen LogP contribution is 2.23. The Morgan fingerprint density at radius 2 is 2.28 bits per heavy atom. The van der Waals surface area contributed by atoms with Crippen LogP contribution in [0.1, 0.15) is 18.7 Å². The minimum absolute atomic E-state index is 0.0204. The number of hydrogen-bond donors (Lipinski definition) is 1. The van der Waals surface area contributed by atoms with Gasteiger partial charge in [-0.05, 0) is 33.4 Å². The number of fused-ring (bicyclic) bond motifs is 1. The molecule has 1 aromatic heterocycles. The Kier molecular flexibility index (Phi) is 3.86. The van der Waals surface area contributed by atoms with Gasteiger partial charge in [0, 0.05) is 4.88 Å². The Morgan fingerprint density at radius 1 is 1.61 bits per heavy atom. The van der Waals surface area contributed by atoms with Crippen LogP contribution in [0.25, 0.3) is 0 Å². The molecule has 0 bridgehead atoms. The van der Waals surface area contributed by atoms with E-state index in [-0.39, 0.29) is 11.7 Å². The van der Waals surface area contributed by atoms with E-state index < -0.39 is 17.1 Å². The van der Waals surface area contributed by atoms with Crippen LogP contribution in [0, 0.1) is 5.92 Å². The van der Waals surface area contributed by atoms with Crippen molar-refractivity contribution in [2.45, 2.75) is 13.8 Å². The summed E-state index contributed by atoms with van der Waals surface area (Å²) < 4.78 is 25.8. The molecule has 98 valence electrons. The molecule has 0 unspecified atom stereocenters. The zero-order valence-corrected chi connectivity index (χ0v) is 13.1. The largest absolute Gasteiger partial charge is 0.484 e. The summed E-state index contributed by atoms with van der Waals surface area (Å²) in [5, 5.41) is 14.0. The Balaban J connectivity index is 2.34. The molecule has 9 heteroatoms. The number of nitrogens with zero attached hydrogens (tertiary/aromatic N) is 2. The summed E-state index contributed by atoms with van der Waals surface area (Å²) in [5.74, 6) is -0.0600. The van der Waals surface area contributed by atoms with Crippen molar-refractivity contribution in [3.63, 3.8) is 0 Å². The predicted molar refractivity (Wildman–Crippen MR) is 77.7 cm³/mol. The number of halogens is 1. The highest BCUT2D eigenvalue weighted by Gasteiger charge is 2.38. The predicted octanol–water partition coefficient (Wildman–Crippen LogP) is 0.833. The SMILES string of the molecule is CC(C)CS(=O)(=O)N1N=Cc2sc(Br)cc2B1O. The van der Waals surface area contributed by atoms with Crippen LogP contribution in [0.3, 0.4) is 0 Å². The third kappa shape index (κ3) is 2.63. The lowest BCUT2D eigenvalue weighted by Crippen LogP contribution is -2.52. The van der Waals surface area contributed by atoms with E-state index in [4.69, 9.17) is 0 Å². The summed E-state index contributed by atoms with van der Waals surface area (Å²) in [7, 11) is -4.83. The van der Waals surface area contributed by atoms with Crippen molar-refractivity contribution >= 4 is 56.0 Å².